The number of nitrogens with one attached hydrogen (secondary N) is 1. The van der Waals surface area contributed by atoms with E-state index in [0.29, 0.717) is 5.56 Å². The fourth-order valence-corrected chi connectivity index (χ4v) is 6.74. The summed E-state index contributed by atoms with van der Waals surface area (Å²) in [5.41, 5.74) is 0.552. The normalized spacial score (nSPS) is 14.7. The molecule has 1 saturated carbocycles. The van der Waals surface area contributed by atoms with Gasteiger partial charge in [-0.2, -0.15) is 0 Å². The molecule has 0 aliphatic heterocycles. The van der Waals surface area contributed by atoms with Crippen LogP contribution in [0.5, 0.6) is 0 Å². The Morgan fingerprint density at radius 2 is 1.64 bits per heavy atom. The molecule has 0 spiro atoms. The highest BCUT2D eigenvalue weighted by atomic mass is 35.5. The van der Waals surface area contributed by atoms with E-state index in [1.54, 1.807) is 25.1 Å². The second-order valence-corrected chi connectivity index (χ2v) is 12.6. The van der Waals surface area contributed by atoms with Gasteiger partial charge in [-0.25, -0.2) is 17.2 Å². The number of nitrogens with zero attached hydrogens (tertiary/aromatic N) is 2. The van der Waals surface area contributed by atoms with Gasteiger partial charge in [0.1, 0.15) is 24.2 Å². The maximum atomic E-state index is 14.1. The smallest absolute Gasteiger partial charge is 0.264 e. The minimum atomic E-state index is -4.31. The average molecular weight is 618 g/mol. The lowest BCUT2D eigenvalue weighted by molar-refractivity contribution is -0.140. The molecule has 224 valence electrons. The first-order valence-electron chi connectivity index (χ1n) is 14.0. The van der Waals surface area contributed by atoms with Crippen molar-refractivity contribution >= 4 is 39.1 Å². The Morgan fingerprint density at radius 1 is 0.976 bits per heavy atom. The molecular weight excluding hydrogens is 584 g/mol. The van der Waals surface area contributed by atoms with Crippen LogP contribution in [0.2, 0.25) is 5.02 Å². The number of rotatable bonds is 11. The van der Waals surface area contributed by atoms with Gasteiger partial charge in [-0.15, -0.1) is 0 Å². The Kier molecular flexibility index (Phi) is 10.6. The van der Waals surface area contributed by atoms with Gasteiger partial charge in [0, 0.05) is 12.6 Å². The van der Waals surface area contributed by atoms with Crippen LogP contribution in [0.1, 0.15) is 51.0 Å². The number of carbonyl (C=O) groups excluding carboxylic acids is 2. The quantitative estimate of drug-likeness (QED) is 0.283. The molecule has 11 heteroatoms. The molecule has 4 rings (SSSR count). The molecule has 3 aromatic carbocycles. The van der Waals surface area contributed by atoms with E-state index in [1.807, 2.05) is 0 Å². The van der Waals surface area contributed by atoms with Crippen LogP contribution < -0.4 is 9.62 Å². The Balaban J connectivity index is 1.71. The van der Waals surface area contributed by atoms with E-state index in [1.165, 1.54) is 47.4 Å². The van der Waals surface area contributed by atoms with Crippen molar-refractivity contribution in [2.45, 2.75) is 69.0 Å². The van der Waals surface area contributed by atoms with E-state index in [4.69, 9.17) is 11.6 Å². The van der Waals surface area contributed by atoms with Crippen molar-refractivity contribution in [2.75, 3.05) is 10.8 Å². The third-order valence-corrected chi connectivity index (χ3v) is 9.48. The molecule has 2 amide bonds. The summed E-state index contributed by atoms with van der Waals surface area (Å²) in [6, 6.07) is 15.6. The zero-order valence-electron chi connectivity index (χ0n) is 23.3. The highest BCUT2D eigenvalue weighted by Crippen LogP contribution is 2.28. The molecule has 0 heterocycles. The molecule has 1 aliphatic rings. The topological polar surface area (TPSA) is 86.8 Å². The molecule has 0 bridgehead atoms. The van der Waals surface area contributed by atoms with Crippen LogP contribution in [-0.4, -0.2) is 43.8 Å². The predicted octanol–water partition coefficient (Wildman–Crippen LogP) is 6.07. The lowest BCUT2D eigenvalue weighted by atomic mass is 9.95. The number of halogens is 3. The van der Waals surface area contributed by atoms with Gasteiger partial charge in [0.25, 0.3) is 10.0 Å². The fourth-order valence-electron chi connectivity index (χ4n) is 5.14. The van der Waals surface area contributed by atoms with E-state index < -0.39 is 40.2 Å². The predicted molar refractivity (Wildman–Crippen MR) is 158 cm³/mol. The largest absolute Gasteiger partial charge is 0.352 e. The Bertz CT molecular complexity index is 1480. The van der Waals surface area contributed by atoms with Crippen LogP contribution in [-0.2, 0) is 26.2 Å². The molecule has 3 aromatic rings. The molecule has 0 radical (unpaired) electrons. The van der Waals surface area contributed by atoms with Crippen molar-refractivity contribution < 1.29 is 26.8 Å². The van der Waals surface area contributed by atoms with Crippen LogP contribution in [0.15, 0.2) is 77.7 Å². The highest BCUT2D eigenvalue weighted by molar-refractivity contribution is 7.92. The maximum Gasteiger partial charge on any atom is 0.264 e. The molecule has 1 atom stereocenters. The maximum absolute atomic E-state index is 14.1. The van der Waals surface area contributed by atoms with Gasteiger partial charge in [0.2, 0.25) is 11.8 Å². The minimum absolute atomic E-state index is 0.000567. The van der Waals surface area contributed by atoms with Crippen LogP contribution in [0.4, 0.5) is 14.5 Å². The van der Waals surface area contributed by atoms with Crippen molar-refractivity contribution in [3.05, 3.63) is 95.0 Å². The summed E-state index contributed by atoms with van der Waals surface area (Å²) in [5, 5.41) is 2.76. The third-order valence-electron chi connectivity index (χ3n) is 7.40. The molecule has 0 aromatic heterocycles. The van der Waals surface area contributed by atoms with Crippen LogP contribution in [0.3, 0.4) is 0 Å². The van der Waals surface area contributed by atoms with Crippen molar-refractivity contribution in [1.82, 2.24) is 10.2 Å². The monoisotopic (exact) mass is 617 g/mol. The van der Waals surface area contributed by atoms with E-state index in [0.717, 1.165) is 48.5 Å². The van der Waals surface area contributed by atoms with Crippen molar-refractivity contribution in [3.63, 3.8) is 0 Å². The second kappa shape index (κ2) is 14.1. The van der Waals surface area contributed by atoms with Crippen molar-refractivity contribution in [2.24, 2.45) is 0 Å². The third kappa shape index (κ3) is 7.66. The molecule has 1 aliphatic carbocycles. The van der Waals surface area contributed by atoms with Crippen molar-refractivity contribution in [1.29, 1.82) is 0 Å². The number of hydrogen-bond acceptors (Lipinski definition) is 4. The molecule has 1 N–H and O–H groups in total. The van der Waals surface area contributed by atoms with Gasteiger partial charge >= 0.3 is 0 Å². The summed E-state index contributed by atoms with van der Waals surface area (Å²) in [4.78, 5) is 28.9. The molecule has 1 fully saturated rings. The van der Waals surface area contributed by atoms with Gasteiger partial charge in [-0.1, -0.05) is 68.1 Å². The zero-order chi connectivity index (χ0) is 30.3. The minimum Gasteiger partial charge on any atom is -0.352 e. The standard InChI is InChI=1S/C31H34ClF2N3O4S/c1-2-29(31(39)35-24-9-5-3-6-10-24)36(20-22-13-15-23(33)16-14-22)30(38)21-37(25-17-18-28(34)27(32)19-25)42(40,41)26-11-7-4-8-12-26/h4,7-8,11-19,24,29H,2-3,5-6,9-10,20-21H2,1H3,(H,35,39). The van der Waals surface area contributed by atoms with Gasteiger partial charge < -0.3 is 10.2 Å². The molecule has 1 unspecified atom stereocenters. The number of amides is 2. The average Bonchev–Trinajstić information content (AvgIpc) is 2.99. The first-order chi connectivity index (χ1) is 20.1. The van der Waals surface area contributed by atoms with Gasteiger partial charge in [0.15, 0.2) is 0 Å². The summed E-state index contributed by atoms with van der Waals surface area (Å²) in [6.45, 7) is 1.03. The number of hydrogen-bond donors (Lipinski definition) is 1. The zero-order valence-corrected chi connectivity index (χ0v) is 24.9. The molecule has 0 saturated heterocycles. The number of benzene rings is 3. The van der Waals surface area contributed by atoms with Gasteiger partial charge in [-0.05, 0) is 67.3 Å². The highest BCUT2D eigenvalue weighted by Gasteiger charge is 2.34. The van der Waals surface area contributed by atoms with Crippen molar-refractivity contribution in [3.8, 4) is 0 Å². The molecule has 42 heavy (non-hydrogen) atoms. The Hall–Kier alpha value is -3.50. The Labute approximate surface area is 250 Å². The lowest BCUT2D eigenvalue weighted by Crippen LogP contribution is -2.54. The van der Waals surface area contributed by atoms with E-state index >= 15 is 0 Å². The SMILES string of the molecule is CCC(C(=O)NC1CCCCC1)N(Cc1ccc(F)cc1)C(=O)CN(c1ccc(F)c(Cl)c1)S(=O)(=O)c1ccccc1. The fraction of sp³-hybridized carbons (Fsp3) is 0.355. The molecule has 7 nitrogen and oxygen atoms in total. The van der Waals surface area contributed by atoms with Crippen LogP contribution >= 0.6 is 11.6 Å². The summed E-state index contributed by atoms with van der Waals surface area (Å²) in [7, 11) is -4.31. The van der Waals surface area contributed by atoms with Gasteiger partial charge in [0.05, 0.1) is 15.6 Å². The number of anilines is 1. The first kappa shape index (κ1) is 31.4. The van der Waals surface area contributed by atoms with E-state index in [-0.39, 0.29) is 40.5 Å². The van der Waals surface area contributed by atoms with Crippen LogP contribution in [0.25, 0.3) is 0 Å². The number of sulfonamides is 1. The van der Waals surface area contributed by atoms with E-state index in [2.05, 4.69) is 5.32 Å². The van der Waals surface area contributed by atoms with Crippen LogP contribution in [0, 0.1) is 11.6 Å². The summed E-state index contributed by atoms with van der Waals surface area (Å²) in [6.07, 6.45) is 5.08. The summed E-state index contributed by atoms with van der Waals surface area (Å²) >= 11 is 6.00. The van der Waals surface area contributed by atoms with E-state index in [9.17, 15) is 26.8 Å². The molecular formula is C31H34ClF2N3O4S. The van der Waals surface area contributed by atoms with Gasteiger partial charge in [-0.3, -0.25) is 13.9 Å². The second-order valence-electron chi connectivity index (χ2n) is 10.3. The Morgan fingerprint density at radius 3 is 2.26 bits per heavy atom. The summed E-state index contributed by atoms with van der Waals surface area (Å²) < 4.78 is 56.2. The summed E-state index contributed by atoms with van der Waals surface area (Å²) in [5.74, 6) is -2.19. The number of carbonyl (C=O) groups is 2. The first-order valence-corrected chi connectivity index (χ1v) is 15.8. The lowest BCUT2D eigenvalue weighted by Gasteiger charge is -2.34.